The fraction of sp³-hybridized carbons (Fsp3) is 0.231. The zero-order valence-electron chi connectivity index (χ0n) is 9.11. The lowest BCUT2D eigenvalue weighted by Crippen LogP contribution is -2.12. The second-order valence-electron chi connectivity index (χ2n) is 3.66. The van der Waals surface area contributed by atoms with E-state index in [9.17, 15) is 0 Å². The van der Waals surface area contributed by atoms with Gasteiger partial charge < -0.3 is 5.73 Å². The molecule has 1 nitrogen and oxygen atoms in total. The van der Waals surface area contributed by atoms with Crippen LogP contribution in [0.4, 0.5) is 0 Å². The zero-order chi connectivity index (χ0) is 11.5. The summed E-state index contributed by atoms with van der Waals surface area (Å²) in [4.78, 5) is 1.22. The van der Waals surface area contributed by atoms with Crippen molar-refractivity contribution in [2.75, 3.05) is 0 Å². The van der Waals surface area contributed by atoms with Crippen LogP contribution in [0, 0.1) is 0 Å². The molecule has 2 aromatic rings. The van der Waals surface area contributed by atoms with Gasteiger partial charge in [0, 0.05) is 9.90 Å². The zero-order valence-corrected chi connectivity index (χ0v) is 10.7. The van der Waals surface area contributed by atoms with Crippen molar-refractivity contribution in [1.82, 2.24) is 0 Å². The monoisotopic (exact) mass is 251 g/mol. The van der Waals surface area contributed by atoms with Crippen molar-refractivity contribution >= 4 is 22.9 Å². The van der Waals surface area contributed by atoms with Gasteiger partial charge in [0.1, 0.15) is 0 Å². The van der Waals surface area contributed by atoms with E-state index in [1.165, 1.54) is 10.4 Å². The van der Waals surface area contributed by atoms with Gasteiger partial charge in [0.05, 0.1) is 6.04 Å². The van der Waals surface area contributed by atoms with Crippen LogP contribution >= 0.6 is 22.9 Å². The Morgan fingerprint density at radius 2 is 2.06 bits per heavy atom. The third-order valence-corrected chi connectivity index (χ3v) is 4.07. The van der Waals surface area contributed by atoms with Crippen LogP contribution in [0.5, 0.6) is 0 Å². The second-order valence-corrected chi connectivity index (χ2v) is 5.02. The molecule has 1 aromatic heterocycles. The van der Waals surface area contributed by atoms with Gasteiger partial charge in [0.2, 0.25) is 0 Å². The van der Waals surface area contributed by atoms with Crippen LogP contribution in [0.1, 0.15) is 29.0 Å². The van der Waals surface area contributed by atoms with Gasteiger partial charge in [-0.25, -0.2) is 0 Å². The van der Waals surface area contributed by atoms with E-state index in [2.05, 4.69) is 18.4 Å². The first-order chi connectivity index (χ1) is 7.74. The molecule has 2 N–H and O–H groups in total. The number of hydrogen-bond donors (Lipinski definition) is 1. The fourth-order valence-corrected chi connectivity index (χ4v) is 3.05. The molecule has 1 heterocycles. The number of halogens is 1. The molecule has 1 atom stereocenters. The molecule has 0 aliphatic carbocycles. The van der Waals surface area contributed by atoms with Gasteiger partial charge in [-0.05, 0) is 35.1 Å². The van der Waals surface area contributed by atoms with E-state index in [0.717, 1.165) is 17.0 Å². The Bertz CT molecular complexity index is 478. The molecule has 0 aliphatic heterocycles. The third kappa shape index (κ3) is 2.14. The van der Waals surface area contributed by atoms with E-state index in [1.54, 1.807) is 11.3 Å². The molecule has 0 bridgehead atoms. The van der Waals surface area contributed by atoms with Gasteiger partial charge in [0.15, 0.2) is 0 Å². The third-order valence-electron chi connectivity index (χ3n) is 2.68. The Hall–Kier alpha value is -0.830. The molecule has 0 saturated carbocycles. The fourth-order valence-electron chi connectivity index (χ4n) is 1.78. The van der Waals surface area contributed by atoms with Crippen molar-refractivity contribution in [1.29, 1.82) is 0 Å². The predicted octanol–water partition coefficient (Wildman–Crippen LogP) is 4.01. The normalized spacial score (nSPS) is 12.7. The van der Waals surface area contributed by atoms with E-state index in [0.29, 0.717) is 0 Å². The molecule has 84 valence electrons. The maximum Gasteiger partial charge on any atom is 0.0663 e. The van der Waals surface area contributed by atoms with E-state index in [1.807, 2.05) is 24.3 Å². The number of rotatable bonds is 3. The van der Waals surface area contributed by atoms with Crippen LogP contribution in [-0.4, -0.2) is 0 Å². The van der Waals surface area contributed by atoms with Crippen molar-refractivity contribution < 1.29 is 0 Å². The SMILES string of the molecule is CCc1ccsc1C(N)c1ccccc1Cl. The van der Waals surface area contributed by atoms with E-state index in [-0.39, 0.29) is 6.04 Å². The van der Waals surface area contributed by atoms with Crippen LogP contribution in [0.15, 0.2) is 35.7 Å². The van der Waals surface area contributed by atoms with Gasteiger partial charge in [0.25, 0.3) is 0 Å². The Morgan fingerprint density at radius 1 is 1.31 bits per heavy atom. The smallest absolute Gasteiger partial charge is 0.0663 e. The van der Waals surface area contributed by atoms with Crippen molar-refractivity contribution in [2.45, 2.75) is 19.4 Å². The summed E-state index contributed by atoms with van der Waals surface area (Å²) in [6.07, 6.45) is 1.01. The second kappa shape index (κ2) is 5.00. The average Bonchev–Trinajstić information content (AvgIpc) is 2.77. The van der Waals surface area contributed by atoms with Crippen LogP contribution in [0.2, 0.25) is 5.02 Å². The molecule has 1 unspecified atom stereocenters. The predicted molar refractivity (Wildman–Crippen MR) is 71.2 cm³/mol. The number of benzene rings is 1. The summed E-state index contributed by atoms with van der Waals surface area (Å²) >= 11 is 7.86. The number of thiophene rings is 1. The van der Waals surface area contributed by atoms with Gasteiger partial charge >= 0.3 is 0 Å². The molecule has 1 aromatic carbocycles. The highest BCUT2D eigenvalue weighted by molar-refractivity contribution is 7.10. The summed E-state index contributed by atoms with van der Waals surface area (Å²) in [5.41, 5.74) is 8.58. The molecule has 2 rings (SSSR count). The lowest BCUT2D eigenvalue weighted by atomic mass is 10.0. The Labute approximate surface area is 105 Å². The minimum absolute atomic E-state index is 0.108. The Morgan fingerprint density at radius 3 is 2.75 bits per heavy atom. The van der Waals surface area contributed by atoms with Crippen LogP contribution < -0.4 is 5.73 Å². The Kier molecular flexibility index (Phi) is 3.64. The van der Waals surface area contributed by atoms with Gasteiger partial charge in [-0.2, -0.15) is 0 Å². The lowest BCUT2D eigenvalue weighted by molar-refractivity contribution is 0.874. The van der Waals surface area contributed by atoms with Crippen LogP contribution in [-0.2, 0) is 6.42 Å². The number of hydrogen-bond acceptors (Lipinski definition) is 2. The molecule has 0 aliphatic rings. The summed E-state index contributed by atoms with van der Waals surface area (Å²) in [5.74, 6) is 0. The van der Waals surface area contributed by atoms with Gasteiger partial charge in [-0.1, -0.05) is 36.7 Å². The van der Waals surface area contributed by atoms with E-state index >= 15 is 0 Å². The largest absolute Gasteiger partial charge is 0.320 e. The lowest BCUT2D eigenvalue weighted by Gasteiger charge is -2.13. The Balaban J connectivity index is 2.39. The molecular weight excluding hydrogens is 238 g/mol. The summed E-state index contributed by atoms with van der Waals surface area (Å²) in [6, 6.07) is 9.80. The van der Waals surface area contributed by atoms with Crippen molar-refractivity contribution in [3.05, 3.63) is 56.7 Å². The number of nitrogens with two attached hydrogens (primary N) is 1. The summed E-state index contributed by atoms with van der Waals surface area (Å²) < 4.78 is 0. The molecule has 3 heteroatoms. The average molecular weight is 252 g/mol. The quantitative estimate of drug-likeness (QED) is 0.876. The van der Waals surface area contributed by atoms with E-state index in [4.69, 9.17) is 17.3 Å². The maximum atomic E-state index is 6.26. The summed E-state index contributed by atoms with van der Waals surface area (Å²) in [5, 5.41) is 2.83. The minimum atomic E-state index is -0.108. The maximum absolute atomic E-state index is 6.26. The molecular formula is C13H14ClNS. The van der Waals surface area contributed by atoms with Crippen LogP contribution in [0.25, 0.3) is 0 Å². The molecule has 0 saturated heterocycles. The first-order valence-electron chi connectivity index (χ1n) is 5.30. The summed E-state index contributed by atoms with van der Waals surface area (Å²) in [6.45, 7) is 2.14. The van der Waals surface area contributed by atoms with Crippen LogP contribution in [0.3, 0.4) is 0 Å². The van der Waals surface area contributed by atoms with Crippen molar-refractivity contribution in [3.8, 4) is 0 Å². The molecule has 0 radical (unpaired) electrons. The molecule has 0 amide bonds. The van der Waals surface area contributed by atoms with Crippen molar-refractivity contribution in [2.24, 2.45) is 5.73 Å². The summed E-state index contributed by atoms with van der Waals surface area (Å²) in [7, 11) is 0. The van der Waals surface area contributed by atoms with E-state index < -0.39 is 0 Å². The molecule has 16 heavy (non-hydrogen) atoms. The van der Waals surface area contributed by atoms with Gasteiger partial charge in [-0.3, -0.25) is 0 Å². The number of aryl methyl sites for hydroxylation is 1. The minimum Gasteiger partial charge on any atom is -0.320 e. The standard InChI is InChI=1S/C13H14ClNS/c1-2-9-7-8-16-13(9)12(15)10-5-3-4-6-11(10)14/h3-8,12H,2,15H2,1H3. The van der Waals surface area contributed by atoms with Crippen molar-refractivity contribution in [3.63, 3.8) is 0 Å². The topological polar surface area (TPSA) is 26.0 Å². The first kappa shape index (κ1) is 11.6. The van der Waals surface area contributed by atoms with Gasteiger partial charge in [-0.15, -0.1) is 11.3 Å². The highest BCUT2D eigenvalue weighted by Gasteiger charge is 2.15. The molecule has 0 fully saturated rings. The molecule has 0 spiro atoms. The highest BCUT2D eigenvalue weighted by atomic mass is 35.5. The first-order valence-corrected chi connectivity index (χ1v) is 6.56. The highest BCUT2D eigenvalue weighted by Crippen LogP contribution is 2.31.